The fourth-order valence-corrected chi connectivity index (χ4v) is 4.57. The molecule has 28 heavy (non-hydrogen) atoms. The monoisotopic (exact) mass is 421 g/mol. The predicted molar refractivity (Wildman–Crippen MR) is 107 cm³/mol. The molecule has 10 heteroatoms. The minimum Gasteiger partial charge on any atom is -0.376 e. The molecule has 1 saturated carbocycles. The molecular formula is C18H23N5O3S2. The summed E-state index contributed by atoms with van der Waals surface area (Å²) in [5, 5.41) is 16.0. The number of thioether (sulfide) groups is 1. The smallest absolute Gasteiger partial charge is 0.321 e. The maximum Gasteiger partial charge on any atom is 0.321 e. The van der Waals surface area contributed by atoms with Crippen molar-refractivity contribution in [3.05, 3.63) is 17.5 Å². The number of thiophene rings is 1. The van der Waals surface area contributed by atoms with Crippen LogP contribution in [-0.2, 0) is 16.1 Å². The van der Waals surface area contributed by atoms with Crippen molar-refractivity contribution >= 4 is 35.0 Å². The van der Waals surface area contributed by atoms with E-state index < -0.39 is 11.3 Å². The normalized spacial score (nSPS) is 20.1. The quantitative estimate of drug-likeness (QED) is 0.667. The molecule has 0 spiro atoms. The molecule has 2 aromatic heterocycles. The van der Waals surface area contributed by atoms with E-state index in [0.29, 0.717) is 11.7 Å². The first kappa shape index (κ1) is 19.4. The Hall–Kier alpha value is -1.91. The molecule has 0 radical (unpaired) electrons. The van der Waals surface area contributed by atoms with Gasteiger partial charge in [0, 0.05) is 12.6 Å². The fourth-order valence-electron chi connectivity index (χ4n) is 2.99. The highest BCUT2D eigenvalue weighted by molar-refractivity contribution is 8.00. The molecule has 150 valence electrons. The van der Waals surface area contributed by atoms with E-state index in [-0.39, 0.29) is 18.1 Å². The van der Waals surface area contributed by atoms with Crippen LogP contribution in [0.1, 0.15) is 32.6 Å². The van der Waals surface area contributed by atoms with Crippen molar-refractivity contribution in [2.24, 2.45) is 0 Å². The van der Waals surface area contributed by atoms with E-state index in [2.05, 4.69) is 20.8 Å². The van der Waals surface area contributed by atoms with Crippen molar-refractivity contribution in [3.8, 4) is 10.7 Å². The number of nitrogens with zero attached hydrogens (tertiary/aromatic N) is 3. The third-order valence-electron chi connectivity index (χ3n) is 4.67. The molecule has 2 atom stereocenters. The number of amides is 3. The molecule has 8 nitrogen and oxygen atoms in total. The lowest BCUT2D eigenvalue weighted by Crippen LogP contribution is -2.43. The molecule has 0 unspecified atom stereocenters. The molecule has 2 N–H and O–H groups in total. The number of urea groups is 1. The maximum absolute atomic E-state index is 12.4. The summed E-state index contributed by atoms with van der Waals surface area (Å²) in [5.74, 6) is 0.444. The molecule has 1 aliphatic carbocycles. The zero-order chi connectivity index (χ0) is 19.5. The predicted octanol–water partition coefficient (Wildman–Crippen LogP) is 2.65. The number of hydrogen-bond donors (Lipinski definition) is 2. The van der Waals surface area contributed by atoms with Crippen molar-refractivity contribution < 1.29 is 14.3 Å². The lowest BCUT2D eigenvalue weighted by Gasteiger charge is -2.16. The maximum atomic E-state index is 12.4. The third-order valence-corrected chi connectivity index (χ3v) is 6.62. The van der Waals surface area contributed by atoms with E-state index in [9.17, 15) is 9.59 Å². The summed E-state index contributed by atoms with van der Waals surface area (Å²) >= 11 is 2.90. The Balaban J connectivity index is 1.46. The Morgan fingerprint density at radius 3 is 2.93 bits per heavy atom. The highest BCUT2D eigenvalue weighted by atomic mass is 32.2. The number of nitrogens with one attached hydrogen (secondary N) is 2. The van der Waals surface area contributed by atoms with Crippen LogP contribution in [0.15, 0.2) is 22.7 Å². The Labute approximate surface area is 171 Å². The Kier molecular flexibility index (Phi) is 5.98. The van der Waals surface area contributed by atoms with Crippen LogP contribution >= 0.6 is 23.1 Å². The zero-order valence-corrected chi connectivity index (χ0v) is 17.2. The summed E-state index contributed by atoms with van der Waals surface area (Å²) in [6.45, 7) is 3.19. The molecule has 2 aliphatic rings. The van der Waals surface area contributed by atoms with E-state index in [4.69, 9.17) is 4.74 Å². The molecule has 0 aromatic carbocycles. The van der Waals surface area contributed by atoms with Gasteiger partial charge in [-0.15, -0.1) is 21.5 Å². The summed E-state index contributed by atoms with van der Waals surface area (Å²) in [7, 11) is 0. The number of ether oxygens (including phenoxy) is 1. The second kappa shape index (κ2) is 8.62. The second-order valence-electron chi connectivity index (χ2n) is 7.03. The van der Waals surface area contributed by atoms with Gasteiger partial charge >= 0.3 is 6.03 Å². The Bertz CT molecular complexity index is 828. The molecule has 3 heterocycles. The average Bonchev–Trinajstić information content (AvgIpc) is 3.11. The topological polar surface area (TPSA) is 98.1 Å². The number of carbonyl (C=O) groups excluding carboxylic acids is 2. The average molecular weight is 422 g/mol. The standard InChI is InChI=1S/C18H23N5O3S2/c1-11(16(24)20-17(25)19-12-6-7-12)28-18-22-21-15(14-5-3-9-27-14)23(18)10-13-4-2-8-26-13/h3,5,9,11-13H,2,4,6-8,10H2,1H3,(H2,19,20,24,25)/t11-,13+/m1/s1. The van der Waals surface area contributed by atoms with Crippen LogP contribution in [0.25, 0.3) is 10.7 Å². The van der Waals surface area contributed by atoms with Gasteiger partial charge in [-0.1, -0.05) is 17.8 Å². The van der Waals surface area contributed by atoms with Gasteiger partial charge in [0.1, 0.15) is 0 Å². The highest BCUT2D eigenvalue weighted by Crippen LogP contribution is 2.30. The van der Waals surface area contributed by atoms with Crippen LogP contribution in [0.4, 0.5) is 4.79 Å². The Morgan fingerprint density at radius 2 is 2.25 bits per heavy atom. The van der Waals surface area contributed by atoms with Crippen LogP contribution in [-0.4, -0.2) is 50.7 Å². The SMILES string of the molecule is C[C@@H](Sc1nnc(-c2cccs2)n1C[C@@H]1CCCO1)C(=O)NC(=O)NC1CC1. The number of carbonyl (C=O) groups is 2. The lowest BCUT2D eigenvalue weighted by molar-refractivity contribution is -0.119. The van der Waals surface area contributed by atoms with Crippen molar-refractivity contribution in [2.75, 3.05) is 6.61 Å². The minimum atomic E-state index is -0.478. The third kappa shape index (κ3) is 4.73. The van der Waals surface area contributed by atoms with E-state index in [0.717, 1.165) is 43.0 Å². The van der Waals surface area contributed by atoms with Crippen molar-refractivity contribution in [3.63, 3.8) is 0 Å². The van der Waals surface area contributed by atoms with Gasteiger partial charge in [0.15, 0.2) is 11.0 Å². The number of rotatable bonds is 7. The van der Waals surface area contributed by atoms with Gasteiger partial charge in [0.2, 0.25) is 5.91 Å². The van der Waals surface area contributed by atoms with Gasteiger partial charge in [-0.05, 0) is 44.1 Å². The molecule has 1 aliphatic heterocycles. The fraction of sp³-hybridized carbons (Fsp3) is 0.556. The highest BCUT2D eigenvalue weighted by Gasteiger charge is 2.27. The summed E-state index contributed by atoms with van der Waals surface area (Å²) < 4.78 is 7.82. The molecule has 2 fully saturated rings. The van der Waals surface area contributed by atoms with Crippen LogP contribution in [0.5, 0.6) is 0 Å². The van der Waals surface area contributed by atoms with Gasteiger partial charge < -0.3 is 10.1 Å². The first-order valence-electron chi connectivity index (χ1n) is 9.47. The van der Waals surface area contributed by atoms with Gasteiger partial charge in [0.25, 0.3) is 0 Å². The largest absolute Gasteiger partial charge is 0.376 e. The van der Waals surface area contributed by atoms with Gasteiger partial charge in [0.05, 0.1) is 22.8 Å². The molecular weight excluding hydrogens is 398 g/mol. The summed E-state index contributed by atoms with van der Waals surface area (Å²) in [4.78, 5) is 25.2. The first-order chi connectivity index (χ1) is 13.6. The van der Waals surface area contributed by atoms with Crippen LogP contribution in [0.2, 0.25) is 0 Å². The molecule has 3 amide bonds. The molecule has 2 aromatic rings. The first-order valence-corrected chi connectivity index (χ1v) is 11.2. The molecule has 0 bridgehead atoms. The van der Waals surface area contributed by atoms with Crippen molar-refractivity contribution in [1.29, 1.82) is 0 Å². The van der Waals surface area contributed by atoms with Crippen molar-refractivity contribution in [2.45, 2.75) is 61.7 Å². The van der Waals surface area contributed by atoms with E-state index in [1.807, 2.05) is 22.1 Å². The Morgan fingerprint density at radius 1 is 1.39 bits per heavy atom. The van der Waals surface area contributed by atoms with Gasteiger partial charge in [-0.25, -0.2) is 4.79 Å². The molecule has 1 saturated heterocycles. The van der Waals surface area contributed by atoms with Crippen LogP contribution in [0.3, 0.4) is 0 Å². The summed E-state index contributed by atoms with van der Waals surface area (Å²) in [5.41, 5.74) is 0. The van der Waals surface area contributed by atoms with Crippen molar-refractivity contribution in [1.82, 2.24) is 25.4 Å². The van der Waals surface area contributed by atoms with Gasteiger partial charge in [-0.3, -0.25) is 14.7 Å². The zero-order valence-electron chi connectivity index (χ0n) is 15.6. The number of imide groups is 1. The number of aromatic nitrogens is 3. The van der Waals surface area contributed by atoms with Crippen LogP contribution < -0.4 is 10.6 Å². The molecule has 4 rings (SSSR count). The van der Waals surface area contributed by atoms with E-state index >= 15 is 0 Å². The number of hydrogen-bond acceptors (Lipinski definition) is 7. The van der Waals surface area contributed by atoms with E-state index in [1.165, 1.54) is 11.8 Å². The summed E-state index contributed by atoms with van der Waals surface area (Å²) in [6, 6.07) is 3.76. The van der Waals surface area contributed by atoms with Gasteiger partial charge in [-0.2, -0.15) is 0 Å². The second-order valence-corrected chi connectivity index (χ2v) is 9.28. The van der Waals surface area contributed by atoms with E-state index in [1.54, 1.807) is 18.3 Å². The minimum absolute atomic E-state index is 0.127. The summed E-state index contributed by atoms with van der Waals surface area (Å²) in [6.07, 6.45) is 4.14. The van der Waals surface area contributed by atoms with Crippen LogP contribution in [0, 0.1) is 0 Å². The lowest BCUT2D eigenvalue weighted by atomic mass is 10.2.